The normalized spacial score (nSPS) is 11.6. The molecule has 258 valence electrons. The van der Waals surface area contributed by atoms with Crippen LogP contribution in [0, 0.1) is 0 Å². The van der Waals surface area contributed by atoms with E-state index in [1.807, 2.05) is 18.2 Å². The second-order valence-electron chi connectivity index (χ2n) is 14.0. The van der Waals surface area contributed by atoms with Crippen molar-refractivity contribution in [2.24, 2.45) is 0 Å². The van der Waals surface area contributed by atoms with E-state index in [1.54, 1.807) is 0 Å². The van der Waals surface area contributed by atoms with Crippen molar-refractivity contribution in [2.75, 3.05) is 4.90 Å². The number of para-hydroxylation sites is 4. The molecule has 0 N–H and O–H groups in total. The van der Waals surface area contributed by atoms with Crippen LogP contribution < -0.4 is 4.90 Å². The Balaban J connectivity index is 1.26. The van der Waals surface area contributed by atoms with Gasteiger partial charge in [-0.15, -0.1) is 0 Å². The number of hydrogen-bond acceptors (Lipinski definition) is 3. The summed E-state index contributed by atoms with van der Waals surface area (Å²) in [5.74, 6) is 0. The van der Waals surface area contributed by atoms with Crippen molar-refractivity contribution >= 4 is 71.7 Å². The van der Waals surface area contributed by atoms with Crippen LogP contribution in [0.4, 0.5) is 17.1 Å². The minimum atomic E-state index is 0.840. The van der Waals surface area contributed by atoms with E-state index in [2.05, 4.69) is 187 Å². The van der Waals surface area contributed by atoms with Crippen LogP contribution in [0.25, 0.3) is 88.0 Å². The molecule has 0 amide bonds. The number of furan rings is 2. The van der Waals surface area contributed by atoms with Gasteiger partial charge in [-0.1, -0.05) is 164 Å². The molecule has 11 rings (SSSR count). The maximum atomic E-state index is 6.68. The van der Waals surface area contributed by atoms with Crippen LogP contribution in [0.3, 0.4) is 0 Å². The van der Waals surface area contributed by atoms with Gasteiger partial charge in [-0.3, -0.25) is 0 Å². The molecule has 3 nitrogen and oxygen atoms in total. The van der Waals surface area contributed by atoms with Gasteiger partial charge in [-0.05, 0) is 63.9 Å². The molecule has 0 saturated carbocycles. The largest absolute Gasteiger partial charge is 0.456 e. The second kappa shape index (κ2) is 12.6. The average molecular weight is 704 g/mol. The number of fused-ring (bicyclic) bond motifs is 7. The topological polar surface area (TPSA) is 29.5 Å². The zero-order valence-electron chi connectivity index (χ0n) is 29.8. The lowest BCUT2D eigenvalue weighted by atomic mass is 9.93. The summed E-state index contributed by atoms with van der Waals surface area (Å²) in [6.45, 7) is 0. The first-order valence-electron chi connectivity index (χ1n) is 18.7. The minimum Gasteiger partial charge on any atom is -0.456 e. The van der Waals surface area contributed by atoms with Crippen LogP contribution in [-0.4, -0.2) is 0 Å². The molecular formula is C52H33NO2. The molecule has 9 aromatic carbocycles. The Kier molecular flexibility index (Phi) is 7.17. The van der Waals surface area contributed by atoms with Crippen molar-refractivity contribution in [1.82, 2.24) is 0 Å². The van der Waals surface area contributed by atoms with E-state index in [0.717, 1.165) is 88.8 Å². The predicted octanol–water partition coefficient (Wildman–Crippen LogP) is 15.1. The van der Waals surface area contributed by atoms with E-state index < -0.39 is 0 Å². The minimum absolute atomic E-state index is 0.840. The summed E-state index contributed by atoms with van der Waals surface area (Å²) in [5.41, 5.74) is 13.2. The number of anilines is 3. The standard InChI is InChI=1S/C52H33NO2/c1-2-15-35(16-3-1)39-32-31-36(38-23-12-18-34-17-4-5-19-37(34)38)33-47(39)53(46-27-14-30-50-51(46)44-22-8-11-29-49(44)54-50)45-26-9-6-20-40(45)42-24-13-25-43-41-21-7-10-28-48(41)55-52(42)43/h1-33H. The SMILES string of the molecule is c1ccc(-c2ccc(-c3cccc4ccccc34)cc2N(c2ccccc2-c2cccc3c2oc2ccccc23)c2cccc3oc4ccccc4c23)cc1. The van der Waals surface area contributed by atoms with E-state index in [0.29, 0.717) is 0 Å². The molecular weight excluding hydrogens is 671 g/mol. The van der Waals surface area contributed by atoms with E-state index in [9.17, 15) is 0 Å². The highest BCUT2D eigenvalue weighted by atomic mass is 16.3. The van der Waals surface area contributed by atoms with Gasteiger partial charge in [0, 0.05) is 32.8 Å². The van der Waals surface area contributed by atoms with Gasteiger partial charge in [0.15, 0.2) is 0 Å². The van der Waals surface area contributed by atoms with Crippen molar-refractivity contribution in [3.05, 3.63) is 200 Å². The van der Waals surface area contributed by atoms with Gasteiger partial charge in [0.2, 0.25) is 0 Å². The third kappa shape index (κ3) is 5.05. The zero-order valence-corrected chi connectivity index (χ0v) is 29.8. The number of nitrogens with zero attached hydrogens (tertiary/aromatic N) is 1. The van der Waals surface area contributed by atoms with E-state index in [4.69, 9.17) is 8.83 Å². The Hall–Kier alpha value is -7.36. The Morgan fingerprint density at radius 3 is 1.80 bits per heavy atom. The molecule has 2 aromatic heterocycles. The molecule has 3 heteroatoms. The molecule has 0 aliphatic carbocycles. The third-order valence-electron chi connectivity index (χ3n) is 10.9. The monoisotopic (exact) mass is 703 g/mol. The van der Waals surface area contributed by atoms with Gasteiger partial charge in [0.05, 0.1) is 22.4 Å². The first-order valence-corrected chi connectivity index (χ1v) is 18.7. The highest BCUT2D eigenvalue weighted by molar-refractivity contribution is 6.16. The smallest absolute Gasteiger partial charge is 0.143 e. The molecule has 0 radical (unpaired) electrons. The van der Waals surface area contributed by atoms with Gasteiger partial charge in [0.25, 0.3) is 0 Å². The van der Waals surface area contributed by atoms with E-state index >= 15 is 0 Å². The molecule has 55 heavy (non-hydrogen) atoms. The van der Waals surface area contributed by atoms with Crippen LogP contribution in [0.2, 0.25) is 0 Å². The molecule has 0 spiro atoms. The quantitative estimate of drug-likeness (QED) is 0.173. The van der Waals surface area contributed by atoms with Crippen molar-refractivity contribution in [3.8, 4) is 33.4 Å². The average Bonchev–Trinajstić information content (AvgIpc) is 3.83. The molecule has 0 atom stereocenters. The lowest BCUT2D eigenvalue weighted by Gasteiger charge is -2.31. The van der Waals surface area contributed by atoms with Gasteiger partial charge >= 0.3 is 0 Å². The maximum Gasteiger partial charge on any atom is 0.143 e. The molecule has 0 aliphatic rings. The Morgan fingerprint density at radius 2 is 0.909 bits per heavy atom. The third-order valence-corrected chi connectivity index (χ3v) is 10.9. The fourth-order valence-electron chi connectivity index (χ4n) is 8.41. The lowest BCUT2D eigenvalue weighted by Crippen LogP contribution is -2.13. The van der Waals surface area contributed by atoms with Gasteiger partial charge in [-0.25, -0.2) is 0 Å². The first kappa shape index (κ1) is 31.2. The van der Waals surface area contributed by atoms with E-state index in [1.165, 1.54) is 16.3 Å². The number of hydrogen-bond donors (Lipinski definition) is 0. The van der Waals surface area contributed by atoms with Crippen LogP contribution in [0.1, 0.15) is 0 Å². The fourth-order valence-corrected chi connectivity index (χ4v) is 8.41. The predicted molar refractivity (Wildman–Crippen MR) is 229 cm³/mol. The summed E-state index contributed by atoms with van der Waals surface area (Å²) in [4.78, 5) is 2.44. The maximum absolute atomic E-state index is 6.68. The molecule has 0 unspecified atom stereocenters. The summed E-state index contributed by atoms with van der Waals surface area (Å²) in [6.07, 6.45) is 0. The number of benzene rings is 9. The summed E-state index contributed by atoms with van der Waals surface area (Å²) in [7, 11) is 0. The summed E-state index contributed by atoms with van der Waals surface area (Å²) >= 11 is 0. The van der Waals surface area contributed by atoms with Gasteiger partial charge in [-0.2, -0.15) is 0 Å². The second-order valence-corrected chi connectivity index (χ2v) is 14.0. The Bertz CT molecular complexity index is 3220. The van der Waals surface area contributed by atoms with Crippen LogP contribution >= 0.6 is 0 Å². The molecule has 11 aromatic rings. The van der Waals surface area contributed by atoms with Gasteiger partial charge < -0.3 is 13.7 Å². The van der Waals surface area contributed by atoms with Crippen LogP contribution in [0.15, 0.2) is 209 Å². The van der Waals surface area contributed by atoms with Crippen LogP contribution in [-0.2, 0) is 0 Å². The summed E-state index contributed by atoms with van der Waals surface area (Å²) in [5, 5.41) is 6.77. The lowest BCUT2D eigenvalue weighted by molar-refractivity contribution is 0.669. The molecule has 0 aliphatic heterocycles. The Morgan fingerprint density at radius 1 is 0.309 bits per heavy atom. The van der Waals surface area contributed by atoms with Crippen molar-refractivity contribution in [2.45, 2.75) is 0 Å². The van der Waals surface area contributed by atoms with Crippen LogP contribution in [0.5, 0.6) is 0 Å². The molecule has 2 heterocycles. The zero-order chi connectivity index (χ0) is 36.3. The highest BCUT2D eigenvalue weighted by Crippen LogP contribution is 2.50. The fraction of sp³-hybridized carbons (Fsp3) is 0. The molecule has 0 bridgehead atoms. The summed E-state index contributed by atoms with van der Waals surface area (Å²) < 4.78 is 13.2. The van der Waals surface area contributed by atoms with E-state index in [-0.39, 0.29) is 0 Å². The number of rotatable bonds is 6. The first-order chi connectivity index (χ1) is 27.3. The highest BCUT2D eigenvalue weighted by Gasteiger charge is 2.26. The van der Waals surface area contributed by atoms with Gasteiger partial charge in [0.1, 0.15) is 22.3 Å². The molecule has 0 fully saturated rings. The van der Waals surface area contributed by atoms with Crippen molar-refractivity contribution < 1.29 is 8.83 Å². The molecule has 0 saturated heterocycles. The summed E-state index contributed by atoms with van der Waals surface area (Å²) in [6, 6.07) is 71.0. The van der Waals surface area contributed by atoms with Crippen molar-refractivity contribution in [1.29, 1.82) is 0 Å². The Labute approximate surface area is 317 Å². The van der Waals surface area contributed by atoms with Crippen molar-refractivity contribution in [3.63, 3.8) is 0 Å².